The molecule has 0 aliphatic rings. The summed E-state index contributed by atoms with van der Waals surface area (Å²) in [5, 5.41) is 2.57. The lowest BCUT2D eigenvalue weighted by atomic mass is 10.2. The van der Waals surface area contributed by atoms with Crippen molar-refractivity contribution in [2.24, 2.45) is 0 Å². The Bertz CT molecular complexity index is 404. The van der Waals surface area contributed by atoms with Gasteiger partial charge in [-0.2, -0.15) is 0 Å². The monoisotopic (exact) mass is 241 g/mol. The number of allylic oxidation sites excluding steroid dienone is 1. The maximum Gasteiger partial charge on any atom is 0.254 e. The van der Waals surface area contributed by atoms with Crippen LogP contribution >= 0.6 is 11.6 Å². The molecule has 0 aromatic heterocycles. The molecule has 0 heterocycles. The van der Waals surface area contributed by atoms with Crippen LogP contribution in [0.1, 0.15) is 23.7 Å². The molecule has 0 atom stereocenters. The van der Waals surface area contributed by atoms with Crippen LogP contribution < -0.4 is 5.32 Å². The van der Waals surface area contributed by atoms with Gasteiger partial charge >= 0.3 is 0 Å². The van der Waals surface area contributed by atoms with Crippen molar-refractivity contribution in [2.75, 3.05) is 6.54 Å². The maximum absolute atomic E-state index is 13.4. The lowest BCUT2D eigenvalue weighted by molar-refractivity contribution is 0.0950. The summed E-state index contributed by atoms with van der Waals surface area (Å²) in [6.45, 7) is 2.38. The summed E-state index contributed by atoms with van der Waals surface area (Å²) in [5.41, 5.74) is -0.0204. The number of carbonyl (C=O) groups is 1. The fourth-order valence-corrected chi connectivity index (χ4v) is 1.38. The van der Waals surface area contributed by atoms with Gasteiger partial charge in [0.05, 0.1) is 10.6 Å². The third kappa shape index (κ3) is 3.35. The predicted octanol–water partition coefficient (Wildman–Crippen LogP) is 3.18. The number of hydrogen-bond acceptors (Lipinski definition) is 1. The Morgan fingerprint density at radius 2 is 2.31 bits per heavy atom. The van der Waals surface area contributed by atoms with Crippen molar-refractivity contribution in [3.63, 3.8) is 0 Å². The summed E-state index contributed by atoms with van der Waals surface area (Å²) in [4.78, 5) is 11.5. The Labute approximate surface area is 99.1 Å². The third-order valence-electron chi connectivity index (χ3n) is 2.03. The zero-order valence-corrected chi connectivity index (χ0v) is 9.72. The van der Waals surface area contributed by atoms with Crippen molar-refractivity contribution >= 4 is 17.5 Å². The molecule has 0 unspecified atom stereocenters. The van der Waals surface area contributed by atoms with E-state index in [0.717, 1.165) is 6.42 Å². The van der Waals surface area contributed by atoms with Gasteiger partial charge in [-0.1, -0.05) is 29.8 Å². The van der Waals surface area contributed by atoms with E-state index < -0.39 is 11.7 Å². The van der Waals surface area contributed by atoms with Crippen molar-refractivity contribution in [3.8, 4) is 0 Å². The van der Waals surface area contributed by atoms with E-state index in [9.17, 15) is 9.18 Å². The molecule has 1 rings (SSSR count). The summed E-state index contributed by atoms with van der Waals surface area (Å²) in [5.74, 6) is -1.11. The summed E-state index contributed by atoms with van der Waals surface area (Å²) in [6, 6.07) is 4.37. The first-order chi connectivity index (χ1) is 7.66. The molecule has 0 bridgehead atoms. The van der Waals surface area contributed by atoms with Crippen LogP contribution in [-0.4, -0.2) is 12.5 Å². The van der Waals surface area contributed by atoms with Crippen molar-refractivity contribution in [1.29, 1.82) is 0 Å². The minimum Gasteiger partial charge on any atom is -0.352 e. The van der Waals surface area contributed by atoms with Crippen LogP contribution in [0.2, 0.25) is 5.02 Å². The minimum absolute atomic E-state index is 0.0204. The van der Waals surface area contributed by atoms with Crippen molar-refractivity contribution in [1.82, 2.24) is 5.32 Å². The second kappa shape index (κ2) is 6.28. The third-order valence-corrected chi connectivity index (χ3v) is 2.32. The normalized spacial score (nSPS) is 10.7. The highest BCUT2D eigenvalue weighted by Crippen LogP contribution is 2.17. The Morgan fingerprint density at radius 1 is 1.56 bits per heavy atom. The zero-order valence-electron chi connectivity index (χ0n) is 8.97. The van der Waals surface area contributed by atoms with Crippen LogP contribution in [0.3, 0.4) is 0 Å². The number of nitrogens with one attached hydrogen (secondary N) is 1. The average molecular weight is 242 g/mol. The SMILES string of the molecule is C/C=C/CCNC(=O)c1cccc(Cl)c1F. The molecule has 4 heteroatoms. The molecule has 0 saturated carbocycles. The van der Waals surface area contributed by atoms with E-state index in [4.69, 9.17) is 11.6 Å². The van der Waals surface area contributed by atoms with Crippen LogP contribution in [0.25, 0.3) is 0 Å². The maximum atomic E-state index is 13.4. The molecule has 86 valence electrons. The van der Waals surface area contributed by atoms with Gasteiger partial charge in [-0.25, -0.2) is 4.39 Å². The van der Waals surface area contributed by atoms with E-state index in [0.29, 0.717) is 6.54 Å². The standard InChI is InChI=1S/C12H13ClFNO/c1-2-3-4-8-15-12(16)9-6-5-7-10(13)11(9)14/h2-3,5-7H,4,8H2,1H3,(H,15,16)/b3-2+. The number of hydrogen-bond donors (Lipinski definition) is 1. The highest BCUT2D eigenvalue weighted by Gasteiger charge is 2.12. The van der Waals surface area contributed by atoms with Gasteiger partial charge in [0, 0.05) is 6.54 Å². The topological polar surface area (TPSA) is 29.1 Å². The molecular weight excluding hydrogens is 229 g/mol. The average Bonchev–Trinajstić information content (AvgIpc) is 2.28. The first kappa shape index (κ1) is 12.7. The van der Waals surface area contributed by atoms with Gasteiger partial charge in [0.1, 0.15) is 0 Å². The van der Waals surface area contributed by atoms with Crippen LogP contribution in [-0.2, 0) is 0 Å². The van der Waals surface area contributed by atoms with Gasteiger partial charge < -0.3 is 5.32 Å². The van der Waals surface area contributed by atoms with Gasteiger partial charge in [-0.3, -0.25) is 4.79 Å². The van der Waals surface area contributed by atoms with Gasteiger partial charge in [0.2, 0.25) is 0 Å². The molecule has 1 N–H and O–H groups in total. The summed E-state index contributed by atoms with van der Waals surface area (Å²) in [7, 11) is 0. The molecule has 0 saturated heterocycles. The van der Waals surface area contributed by atoms with E-state index in [1.165, 1.54) is 12.1 Å². The Morgan fingerprint density at radius 3 is 3.00 bits per heavy atom. The first-order valence-electron chi connectivity index (χ1n) is 5.00. The smallest absolute Gasteiger partial charge is 0.254 e. The molecule has 0 aliphatic carbocycles. The molecule has 0 aliphatic heterocycles. The molecule has 16 heavy (non-hydrogen) atoms. The van der Waals surface area contributed by atoms with Crippen LogP contribution in [0, 0.1) is 5.82 Å². The van der Waals surface area contributed by atoms with E-state index >= 15 is 0 Å². The fourth-order valence-electron chi connectivity index (χ4n) is 1.21. The molecule has 1 aromatic carbocycles. The van der Waals surface area contributed by atoms with E-state index in [1.54, 1.807) is 6.07 Å². The van der Waals surface area contributed by atoms with E-state index in [1.807, 2.05) is 19.1 Å². The number of benzene rings is 1. The Hall–Kier alpha value is -1.35. The van der Waals surface area contributed by atoms with Crippen LogP contribution in [0.15, 0.2) is 30.4 Å². The molecule has 0 fully saturated rings. The summed E-state index contributed by atoms with van der Waals surface area (Å²) >= 11 is 5.58. The van der Waals surface area contributed by atoms with E-state index in [-0.39, 0.29) is 10.6 Å². The quantitative estimate of drug-likeness (QED) is 0.637. The lowest BCUT2D eigenvalue weighted by Crippen LogP contribution is -2.25. The van der Waals surface area contributed by atoms with Crippen molar-refractivity contribution < 1.29 is 9.18 Å². The van der Waals surface area contributed by atoms with Gasteiger partial charge in [0.25, 0.3) is 5.91 Å². The highest BCUT2D eigenvalue weighted by atomic mass is 35.5. The molecule has 0 spiro atoms. The zero-order chi connectivity index (χ0) is 12.0. The van der Waals surface area contributed by atoms with Crippen molar-refractivity contribution in [3.05, 3.63) is 46.8 Å². The number of amides is 1. The number of rotatable bonds is 4. The Balaban J connectivity index is 2.63. The highest BCUT2D eigenvalue weighted by molar-refractivity contribution is 6.31. The van der Waals surface area contributed by atoms with E-state index in [2.05, 4.69) is 5.32 Å². The second-order valence-corrected chi connectivity index (χ2v) is 3.62. The molecule has 0 radical (unpaired) electrons. The lowest BCUT2D eigenvalue weighted by Gasteiger charge is -2.05. The molecule has 2 nitrogen and oxygen atoms in total. The number of carbonyl (C=O) groups excluding carboxylic acids is 1. The van der Waals surface area contributed by atoms with Crippen LogP contribution in [0.4, 0.5) is 4.39 Å². The van der Waals surface area contributed by atoms with Crippen LogP contribution in [0.5, 0.6) is 0 Å². The summed E-state index contributed by atoms with van der Waals surface area (Å²) < 4.78 is 13.4. The minimum atomic E-state index is -0.673. The van der Waals surface area contributed by atoms with Crippen molar-refractivity contribution in [2.45, 2.75) is 13.3 Å². The molecular formula is C12H13ClFNO. The largest absolute Gasteiger partial charge is 0.352 e. The van der Waals surface area contributed by atoms with Gasteiger partial charge in [-0.05, 0) is 25.5 Å². The fraction of sp³-hybridized carbons (Fsp3) is 0.250. The molecule has 1 amide bonds. The molecule has 1 aromatic rings. The first-order valence-corrected chi connectivity index (χ1v) is 5.38. The second-order valence-electron chi connectivity index (χ2n) is 3.21. The van der Waals surface area contributed by atoms with Gasteiger partial charge in [0.15, 0.2) is 5.82 Å². The Kier molecular flexibility index (Phi) is 4.99. The predicted molar refractivity (Wildman–Crippen MR) is 63.2 cm³/mol. The number of halogens is 2. The van der Waals surface area contributed by atoms with Gasteiger partial charge in [-0.15, -0.1) is 0 Å². The summed E-state index contributed by atoms with van der Waals surface area (Å²) in [6.07, 6.45) is 4.55.